The van der Waals surface area contributed by atoms with Gasteiger partial charge < -0.3 is 14.9 Å². The van der Waals surface area contributed by atoms with Gasteiger partial charge in [0.2, 0.25) is 5.95 Å². The van der Waals surface area contributed by atoms with Crippen molar-refractivity contribution in [3.05, 3.63) is 53.8 Å². The molecule has 0 amide bonds. The van der Waals surface area contributed by atoms with Gasteiger partial charge in [-0.2, -0.15) is 0 Å². The fourth-order valence-corrected chi connectivity index (χ4v) is 4.68. The summed E-state index contributed by atoms with van der Waals surface area (Å²) in [6, 6.07) is 12.7. The Balaban J connectivity index is 1.46. The van der Waals surface area contributed by atoms with Crippen LogP contribution in [0.15, 0.2) is 47.5 Å². The molecule has 2 unspecified atom stereocenters. The molecule has 2 aliphatic rings. The Morgan fingerprint density at radius 2 is 1.94 bits per heavy atom. The van der Waals surface area contributed by atoms with Crippen LogP contribution < -0.4 is 9.80 Å². The zero-order valence-corrected chi connectivity index (χ0v) is 18.3. The summed E-state index contributed by atoms with van der Waals surface area (Å²) < 4.78 is 15.5. The van der Waals surface area contributed by atoms with Crippen LogP contribution >= 0.6 is 0 Å². The van der Waals surface area contributed by atoms with Crippen LogP contribution in [-0.2, 0) is 6.54 Å². The van der Waals surface area contributed by atoms with E-state index in [1.54, 1.807) is 12.4 Å². The number of aromatic hydroxyl groups is 1. The monoisotopic (exact) mass is 434 g/mol. The van der Waals surface area contributed by atoms with E-state index in [-0.39, 0.29) is 23.7 Å². The number of phenols is 1. The molecule has 1 aromatic heterocycles. The second-order valence-corrected chi connectivity index (χ2v) is 8.47. The highest BCUT2D eigenvalue weighted by Crippen LogP contribution is 2.37. The lowest BCUT2D eigenvalue weighted by atomic mass is 10.0. The van der Waals surface area contributed by atoms with Crippen molar-refractivity contribution in [3.63, 3.8) is 0 Å². The molecule has 3 heterocycles. The quantitative estimate of drug-likeness (QED) is 0.645. The average molecular weight is 435 g/mol. The zero-order chi connectivity index (χ0) is 22.2. The van der Waals surface area contributed by atoms with Crippen LogP contribution in [0.1, 0.15) is 38.3 Å². The van der Waals surface area contributed by atoms with Crippen molar-refractivity contribution in [1.29, 1.82) is 0 Å². The first kappa shape index (κ1) is 20.5. The molecule has 1 N–H and O–H groups in total. The SMILES string of the molecule is CCC(c1ccc(F)cc1)N1CCCn2c(-c3ccc(N4C=NC(C)C4)c(O)c3)nnc21. The smallest absolute Gasteiger partial charge is 0.228 e. The first-order valence-electron chi connectivity index (χ1n) is 11.1. The molecule has 0 fully saturated rings. The first-order valence-corrected chi connectivity index (χ1v) is 11.1. The molecule has 32 heavy (non-hydrogen) atoms. The molecule has 3 aromatic rings. The number of fused-ring (bicyclic) bond motifs is 1. The molecule has 0 bridgehead atoms. The lowest BCUT2D eigenvalue weighted by Gasteiger charge is -2.35. The van der Waals surface area contributed by atoms with E-state index in [9.17, 15) is 9.50 Å². The molecule has 2 atom stereocenters. The Kier molecular flexibility index (Phi) is 5.28. The van der Waals surface area contributed by atoms with Gasteiger partial charge >= 0.3 is 0 Å². The third kappa shape index (κ3) is 3.59. The summed E-state index contributed by atoms with van der Waals surface area (Å²) in [7, 11) is 0. The molecular formula is C24H27FN6O. The standard InChI is InChI=1S/C24H27FN6O/c1-3-20(17-5-8-19(25)9-6-17)30-11-4-12-31-23(27-28-24(30)31)18-7-10-21(22(32)13-18)29-14-16(2)26-15-29/h5-10,13,15-16,20,32H,3-4,11-12,14H2,1-2H3. The Morgan fingerprint density at radius 1 is 1.12 bits per heavy atom. The van der Waals surface area contributed by atoms with Crippen LogP contribution in [0.25, 0.3) is 11.4 Å². The highest BCUT2D eigenvalue weighted by molar-refractivity contribution is 5.85. The minimum absolute atomic E-state index is 0.0962. The number of halogens is 1. The highest BCUT2D eigenvalue weighted by Gasteiger charge is 2.29. The molecule has 0 radical (unpaired) electrons. The summed E-state index contributed by atoms with van der Waals surface area (Å²) in [4.78, 5) is 8.58. The van der Waals surface area contributed by atoms with Crippen LogP contribution in [0.3, 0.4) is 0 Å². The van der Waals surface area contributed by atoms with Crippen molar-refractivity contribution in [2.24, 2.45) is 4.99 Å². The Labute approximate surface area is 186 Å². The van der Waals surface area contributed by atoms with Gasteiger partial charge in [-0.1, -0.05) is 19.1 Å². The van der Waals surface area contributed by atoms with E-state index in [4.69, 9.17) is 0 Å². The maximum absolute atomic E-state index is 13.4. The predicted octanol–water partition coefficient (Wildman–Crippen LogP) is 4.39. The lowest BCUT2D eigenvalue weighted by molar-refractivity contribution is 0.476. The Hall–Kier alpha value is -3.42. The summed E-state index contributed by atoms with van der Waals surface area (Å²) in [5.41, 5.74) is 2.63. The minimum Gasteiger partial charge on any atom is -0.506 e. The summed E-state index contributed by atoms with van der Waals surface area (Å²) in [5.74, 6) is 1.52. The van der Waals surface area contributed by atoms with Gasteiger partial charge in [0, 0.05) is 25.2 Å². The number of benzene rings is 2. The van der Waals surface area contributed by atoms with Crippen LogP contribution in [-0.4, -0.2) is 45.3 Å². The summed E-state index contributed by atoms with van der Waals surface area (Å²) in [6.45, 7) is 6.61. The average Bonchev–Trinajstić information content (AvgIpc) is 3.42. The molecule has 8 heteroatoms. The Morgan fingerprint density at radius 3 is 2.62 bits per heavy atom. The zero-order valence-electron chi connectivity index (χ0n) is 18.3. The van der Waals surface area contributed by atoms with E-state index in [1.807, 2.05) is 36.1 Å². The second kappa shape index (κ2) is 8.26. The van der Waals surface area contributed by atoms with Gasteiger partial charge in [0.25, 0.3) is 0 Å². The van der Waals surface area contributed by atoms with Crippen molar-refractivity contribution in [2.45, 2.75) is 45.3 Å². The maximum atomic E-state index is 13.4. The van der Waals surface area contributed by atoms with Gasteiger partial charge in [-0.15, -0.1) is 10.2 Å². The van der Waals surface area contributed by atoms with E-state index in [2.05, 4.69) is 31.6 Å². The molecule has 2 aromatic carbocycles. The van der Waals surface area contributed by atoms with E-state index < -0.39 is 0 Å². The first-order chi connectivity index (χ1) is 15.5. The van der Waals surface area contributed by atoms with Crippen LogP contribution in [0.2, 0.25) is 0 Å². The van der Waals surface area contributed by atoms with Gasteiger partial charge in [0.1, 0.15) is 11.6 Å². The lowest BCUT2D eigenvalue weighted by Crippen LogP contribution is -2.36. The van der Waals surface area contributed by atoms with Crippen molar-refractivity contribution >= 4 is 18.0 Å². The van der Waals surface area contributed by atoms with Crippen LogP contribution in [0.4, 0.5) is 16.0 Å². The van der Waals surface area contributed by atoms with Crippen molar-refractivity contribution in [2.75, 3.05) is 22.9 Å². The number of rotatable bonds is 5. The topological polar surface area (TPSA) is 69.8 Å². The van der Waals surface area contributed by atoms with Crippen molar-refractivity contribution in [1.82, 2.24) is 14.8 Å². The molecule has 166 valence electrons. The van der Waals surface area contributed by atoms with Gasteiger partial charge in [0.15, 0.2) is 5.82 Å². The predicted molar refractivity (Wildman–Crippen MR) is 124 cm³/mol. The van der Waals surface area contributed by atoms with E-state index in [0.29, 0.717) is 0 Å². The number of aromatic nitrogens is 3. The number of anilines is 2. The molecule has 5 rings (SSSR count). The van der Waals surface area contributed by atoms with Gasteiger partial charge in [-0.25, -0.2) is 4.39 Å². The van der Waals surface area contributed by atoms with E-state index in [1.165, 1.54) is 12.1 Å². The van der Waals surface area contributed by atoms with E-state index >= 15 is 0 Å². The normalized spacial score (nSPS) is 18.8. The molecule has 7 nitrogen and oxygen atoms in total. The number of hydrogen-bond donors (Lipinski definition) is 1. The van der Waals surface area contributed by atoms with Gasteiger partial charge in [0.05, 0.1) is 24.1 Å². The van der Waals surface area contributed by atoms with Crippen LogP contribution in [0, 0.1) is 5.82 Å². The van der Waals surface area contributed by atoms with Gasteiger partial charge in [-0.3, -0.25) is 9.56 Å². The third-order valence-electron chi connectivity index (χ3n) is 6.25. The van der Waals surface area contributed by atoms with Crippen LogP contribution in [0.5, 0.6) is 5.75 Å². The molecule has 0 saturated heterocycles. The Bertz CT molecular complexity index is 1140. The number of nitrogens with zero attached hydrogens (tertiary/aromatic N) is 6. The fourth-order valence-electron chi connectivity index (χ4n) is 4.68. The molecular weight excluding hydrogens is 407 g/mol. The maximum Gasteiger partial charge on any atom is 0.228 e. The summed E-state index contributed by atoms with van der Waals surface area (Å²) in [6.07, 6.45) is 3.61. The second-order valence-electron chi connectivity index (χ2n) is 8.47. The number of phenolic OH excluding ortho intramolecular Hbond substituents is 1. The third-order valence-corrected chi connectivity index (χ3v) is 6.25. The highest BCUT2D eigenvalue weighted by atomic mass is 19.1. The van der Waals surface area contributed by atoms with Crippen molar-refractivity contribution in [3.8, 4) is 17.1 Å². The summed E-state index contributed by atoms with van der Waals surface area (Å²) in [5, 5.41) is 19.7. The van der Waals surface area contributed by atoms with Crippen molar-refractivity contribution < 1.29 is 9.50 Å². The largest absolute Gasteiger partial charge is 0.506 e. The number of hydrogen-bond acceptors (Lipinski definition) is 6. The molecule has 0 spiro atoms. The van der Waals surface area contributed by atoms with Gasteiger partial charge in [-0.05, 0) is 55.7 Å². The molecule has 2 aliphatic heterocycles. The fraction of sp³-hybridized carbons (Fsp3) is 0.375. The summed E-state index contributed by atoms with van der Waals surface area (Å²) >= 11 is 0. The minimum atomic E-state index is -0.231. The molecule has 0 aliphatic carbocycles. The van der Waals surface area contributed by atoms with E-state index in [0.717, 1.165) is 61.1 Å². The molecule has 0 saturated carbocycles. The number of aliphatic imine (C=N–C) groups is 1.